The van der Waals surface area contributed by atoms with E-state index in [1.807, 2.05) is 138 Å². The van der Waals surface area contributed by atoms with Gasteiger partial charge in [-0.2, -0.15) is 0 Å². The fraction of sp³-hybridized carbons (Fsp3) is 0.217. The maximum atomic E-state index is 9.20. The highest BCUT2D eigenvalue weighted by Crippen LogP contribution is 2.40. The van der Waals surface area contributed by atoms with Crippen LogP contribution in [0.1, 0.15) is 88.6 Å². The van der Waals surface area contributed by atoms with Crippen LogP contribution in [0.15, 0.2) is 170 Å². The number of benzene rings is 6. The first-order chi connectivity index (χ1) is 34.4. The molecule has 0 bridgehead atoms. The van der Waals surface area contributed by atoms with Crippen molar-refractivity contribution in [2.45, 2.75) is 79.5 Å². The van der Waals surface area contributed by atoms with Crippen molar-refractivity contribution in [1.29, 1.82) is 0 Å². The summed E-state index contributed by atoms with van der Waals surface area (Å²) in [5.41, 5.74) is 9.41. The van der Waals surface area contributed by atoms with E-state index in [-0.39, 0.29) is 28.5 Å². The van der Waals surface area contributed by atoms with Crippen LogP contribution in [0.5, 0.6) is 11.5 Å². The highest BCUT2D eigenvalue weighted by molar-refractivity contribution is 6.07. The van der Waals surface area contributed by atoms with E-state index in [9.17, 15) is 2.74 Å². The largest absolute Gasteiger partial charge is 0.458 e. The van der Waals surface area contributed by atoms with Crippen LogP contribution in [0.2, 0.25) is 0 Å². The van der Waals surface area contributed by atoms with Crippen molar-refractivity contribution in [3.63, 3.8) is 0 Å². The van der Waals surface area contributed by atoms with Crippen molar-refractivity contribution in [2.24, 2.45) is 5.41 Å². The SMILES string of the molecule is [2H]c1c([2H])c([2H])c(-c2cccc(-c3cc(C(C)(C)C)cc(C(C)(C)C)c3)c2-[n+]2[c-]n(-c3cccc(Oc4ccc5c6ncccc6n(-c6cc(C([2H])([2H])C(C)(C)C)ccn6)c5c4)c3)c3ccccc32)c([2H])c1[2H]. The molecule has 0 saturated heterocycles. The molecule has 0 fully saturated rings. The number of pyridine rings is 2. The quantitative estimate of drug-likeness (QED) is 0.113. The van der Waals surface area contributed by atoms with Crippen molar-refractivity contribution in [3.05, 3.63) is 193 Å². The number of nitrogens with zero attached hydrogens (tertiary/aromatic N) is 5. The first-order valence-electron chi connectivity index (χ1n) is 25.9. The number of hydrogen-bond donors (Lipinski definition) is 0. The van der Waals surface area contributed by atoms with Crippen LogP contribution < -0.4 is 9.30 Å². The van der Waals surface area contributed by atoms with Crippen molar-refractivity contribution in [1.82, 2.24) is 19.1 Å². The van der Waals surface area contributed by atoms with Crippen LogP contribution in [0, 0.1) is 11.7 Å². The zero-order valence-corrected chi connectivity index (χ0v) is 38.9. The topological polar surface area (TPSA) is 48.8 Å². The number of ether oxygens (including phenoxy) is 1. The summed E-state index contributed by atoms with van der Waals surface area (Å²) >= 11 is 0. The van der Waals surface area contributed by atoms with Crippen LogP contribution in [0.25, 0.3) is 72.4 Å². The lowest BCUT2D eigenvalue weighted by Crippen LogP contribution is -2.31. The third kappa shape index (κ3) is 8.17. The molecule has 0 aliphatic carbocycles. The second-order valence-electron chi connectivity index (χ2n) is 20.0. The number of hydrogen-bond acceptors (Lipinski definition) is 3. The lowest BCUT2D eigenvalue weighted by Gasteiger charge is -2.27. The third-order valence-electron chi connectivity index (χ3n) is 11.9. The van der Waals surface area contributed by atoms with Gasteiger partial charge in [-0.05, 0) is 116 Å². The van der Waals surface area contributed by atoms with E-state index in [1.54, 1.807) is 18.5 Å². The van der Waals surface area contributed by atoms with Gasteiger partial charge in [0, 0.05) is 26.6 Å². The summed E-state index contributed by atoms with van der Waals surface area (Å²) in [5, 5.41) is 0.892. The van der Waals surface area contributed by atoms with E-state index in [0.717, 1.165) is 60.9 Å². The van der Waals surface area contributed by atoms with Crippen molar-refractivity contribution in [2.75, 3.05) is 0 Å². The van der Waals surface area contributed by atoms with E-state index in [2.05, 4.69) is 66.1 Å². The second-order valence-corrected chi connectivity index (χ2v) is 20.0. The minimum atomic E-state index is -1.63. The van der Waals surface area contributed by atoms with Gasteiger partial charge in [-0.3, -0.25) is 18.7 Å². The average Bonchev–Trinajstić information content (AvgIpc) is 3.90. The van der Waals surface area contributed by atoms with E-state index in [0.29, 0.717) is 34.1 Å². The first-order valence-corrected chi connectivity index (χ1v) is 22.4. The second kappa shape index (κ2) is 16.3. The molecule has 328 valence electrons. The van der Waals surface area contributed by atoms with Gasteiger partial charge < -0.3 is 4.74 Å². The van der Waals surface area contributed by atoms with Gasteiger partial charge in [0.15, 0.2) is 0 Å². The zero-order chi connectivity index (χ0) is 52.1. The predicted molar refractivity (Wildman–Crippen MR) is 272 cm³/mol. The van der Waals surface area contributed by atoms with Gasteiger partial charge in [-0.25, -0.2) is 4.98 Å². The van der Waals surface area contributed by atoms with Gasteiger partial charge in [0.25, 0.3) is 6.33 Å². The predicted octanol–water partition coefficient (Wildman–Crippen LogP) is 14.9. The molecule has 10 aromatic rings. The van der Waals surface area contributed by atoms with E-state index < -0.39 is 29.9 Å². The Morgan fingerprint density at radius 1 is 0.621 bits per heavy atom. The number of para-hydroxylation sites is 3. The molecule has 6 heteroatoms. The maximum Gasteiger partial charge on any atom is 0.269 e. The summed E-state index contributed by atoms with van der Waals surface area (Å²) in [7, 11) is 0. The molecule has 0 aliphatic heterocycles. The Labute approximate surface area is 398 Å². The zero-order valence-electron chi connectivity index (χ0n) is 45.9. The molecule has 10 rings (SSSR count). The molecular weight excluding hydrogens is 807 g/mol. The number of imidazole rings is 1. The Morgan fingerprint density at radius 3 is 2.06 bits per heavy atom. The standard InChI is InChI=1S/C60H57N5O/c1-58(2,3)38-40-29-31-61-55(32-40)65-53-26-17-30-62-56(53)50-28-27-47(37-54(50)65)66-46-21-15-20-45(36-46)63-39-64(52-25-14-13-24-51(52)63)57-48(41-18-11-10-12-19-41)22-16-23-49(57)42-33-43(59(4,5)6)35-44(34-42)60(7,8)9/h10-37H,38H2,1-9H3/i10D,11D,12D,18D,19D,38D2. The summed E-state index contributed by atoms with van der Waals surface area (Å²) in [4.78, 5) is 9.50. The molecule has 0 spiro atoms. The summed E-state index contributed by atoms with van der Waals surface area (Å²) in [5.74, 6) is 1.69. The number of aromatic nitrogens is 5. The normalized spacial score (nSPS) is 14.1. The Hall–Kier alpha value is -7.31. The van der Waals surface area contributed by atoms with Gasteiger partial charge in [-0.15, -0.1) is 0 Å². The lowest BCUT2D eigenvalue weighted by atomic mass is 9.78. The molecule has 66 heavy (non-hydrogen) atoms. The van der Waals surface area contributed by atoms with Crippen LogP contribution >= 0.6 is 0 Å². The maximum absolute atomic E-state index is 9.20. The van der Waals surface area contributed by atoms with Crippen LogP contribution in [-0.4, -0.2) is 19.1 Å². The van der Waals surface area contributed by atoms with Gasteiger partial charge in [0.05, 0.1) is 45.8 Å². The molecule has 0 amide bonds. The van der Waals surface area contributed by atoms with E-state index in [4.69, 9.17) is 21.6 Å². The fourth-order valence-corrected chi connectivity index (χ4v) is 8.67. The molecule has 4 aromatic heterocycles. The van der Waals surface area contributed by atoms with Gasteiger partial charge >= 0.3 is 0 Å². The third-order valence-corrected chi connectivity index (χ3v) is 11.9. The molecule has 4 heterocycles. The molecule has 0 aliphatic rings. The highest BCUT2D eigenvalue weighted by Gasteiger charge is 2.25. The van der Waals surface area contributed by atoms with E-state index >= 15 is 0 Å². The summed E-state index contributed by atoms with van der Waals surface area (Å²) < 4.78 is 75.0. The minimum Gasteiger partial charge on any atom is -0.458 e. The smallest absolute Gasteiger partial charge is 0.269 e. The molecular formula is C60H57N5O. The Bertz CT molecular complexity index is 3770. The highest BCUT2D eigenvalue weighted by atomic mass is 16.5. The molecule has 0 saturated carbocycles. The Balaban J connectivity index is 1.14. The molecule has 0 N–H and O–H groups in total. The molecule has 6 aromatic carbocycles. The van der Waals surface area contributed by atoms with E-state index in [1.165, 1.54) is 0 Å². The van der Waals surface area contributed by atoms with Crippen LogP contribution in [-0.2, 0) is 17.2 Å². The molecule has 6 nitrogen and oxygen atoms in total. The molecule has 0 atom stereocenters. The Kier molecular flexibility index (Phi) is 8.64. The van der Waals surface area contributed by atoms with Crippen LogP contribution in [0.4, 0.5) is 0 Å². The molecule has 0 unspecified atom stereocenters. The minimum absolute atomic E-state index is 0.0973. The summed E-state index contributed by atoms with van der Waals surface area (Å²) in [6, 6.07) is 39.5. The summed E-state index contributed by atoms with van der Waals surface area (Å²) in [6.07, 6.45) is 5.46. The van der Waals surface area contributed by atoms with Gasteiger partial charge in [0.2, 0.25) is 0 Å². The van der Waals surface area contributed by atoms with Crippen molar-refractivity contribution in [3.8, 4) is 50.9 Å². The van der Waals surface area contributed by atoms with Gasteiger partial charge in [0.1, 0.15) is 17.3 Å². The van der Waals surface area contributed by atoms with Crippen molar-refractivity contribution < 1.29 is 18.9 Å². The van der Waals surface area contributed by atoms with Gasteiger partial charge in [-0.1, -0.05) is 159 Å². The summed E-state index contributed by atoms with van der Waals surface area (Å²) in [6.45, 7) is 18.8. The fourth-order valence-electron chi connectivity index (χ4n) is 8.67. The first kappa shape index (κ1) is 35.0. The lowest BCUT2D eigenvalue weighted by molar-refractivity contribution is -0.571. The average molecular weight is 871 g/mol. The van der Waals surface area contributed by atoms with Crippen molar-refractivity contribution >= 4 is 33.0 Å². The Morgan fingerprint density at radius 2 is 1.32 bits per heavy atom. The monoisotopic (exact) mass is 871 g/mol. The number of fused-ring (bicyclic) bond motifs is 4. The molecule has 0 radical (unpaired) electrons. The number of rotatable bonds is 8. The van der Waals surface area contributed by atoms with Crippen LogP contribution in [0.3, 0.4) is 0 Å².